The van der Waals surface area contributed by atoms with Gasteiger partial charge in [0.15, 0.2) is 0 Å². The summed E-state index contributed by atoms with van der Waals surface area (Å²) >= 11 is 0. The molecule has 0 saturated carbocycles. The molecule has 2 heteroatoms. The Labute approximate surface area is 133 Å². The molecule has 2 nitrogen and oxygen atoms in total. The highest BCUT2D eigenvalue weighted by molar-refractivity contribution is 4.69. The summed E-state index contributed by atoms with van der Waals surface area (Å²) in [5.41, 5.74) is 0. The molecule has 0 aromatic carbocycles. The zero-order chi connectivity index (χ0) is 15.4. The van der Waals surface area contributed by atoms with Crippen molar-refractivity contribution in [2.24, 2.45) is 0 Å². The van der Waals surface area contributed by atoms with Gasteiger partial charge in [-0.1, -0.05) is 83.1 Å². The van der Waals surface area contributed by atoms with E-state index in [2.05, 4.69) is 11.9 Å². The van der Waals surface area contributed by atoms with Crippen molar-refractivity contribution in [3.05, 3.63) is 12.7 Å². The summed E-state index contributed by atoms with van der Waals surface area (Å²) in [5.74, 6) is 0. The van der Waals surface area contributed by atoms with Crippen LogP contribution in [0.3, 0.4) is 0 Å². The van der Waals surface area contributed by atoms with Crippen LogP contribution in [0.5, 0.6) is 0 Å². The number of nitrogens with one attached hydrogen (secondary N) is 1. The summed E-state index contributed by atoms with van der Waals surface area (Å²) in [6, 6.07) is 0. The van der Waals surface area contributed by atoms with Crippen LogP contribution in [-0.2, 0) is 0 Å². The highest BCUT2D eigenvalue weighted by atomic mass is 16.2. The van der Waals surface area contributed by atoms with Crippen LogP contribution in [0.2, 0.25) is 0 Å². The van der Waals surface area contributed by atoms with Gasteiger partial charge in [-0.3, -0.25) is 0 Å². The molecule has 21 heavy (non-hydrogen) atoms. The van der Waals surface area contributed by atoms with E-state index in [-0.39, 0.29) is 0 Å². The minimum absolute atomic E-state index is 0.366. The first-order chi connectivity index (χ1) is 10.4. The molecule has 126 valence electrons. The van der Waals surface area contributed by atoms with Crippen molar-refractivity contribution in [1.82, 2.24) is 5.32 Å². The van der Waals surface area contributed by atoms with Crippen LogP contribution in [0.4, 0.5) is 0 Å². The lowest BCUT2D eigenvalue weighted by Crippen LogP contribution is -2.14. The Kier molecular flexibility index (Phi) is 19.3. The van der Waals surface area contributed by atoms with E-state index in [1.165, 1.54) is 83.5 Å². The summed E-state index contributed by atoms with van der Waals surface area (Å²) in [4.78, 5) is 0. The van der Waals surface area contributed by atoms with E-state index in [0.717, 1.165) is 19.5 Å². The van der Waals surface area contributed by atoms with Gasteiger partial charge in [-0.15, -0.1) is 6.58 Å². The molecular weight excluding hydrogens is 258 g/mol. The normalized spacial score (nSPS) is 10.9. The van der Waals surface area contributed by atoms with E-state index < -0.39 is 0 Å². The quantitative estimate of drug-likeness (QED) is 0.269. The lowest BCUT2D eigenvalue weighted by Gasteiger charge is -2.04. The summed E-state index contributed by atoms with van der Waals surface area (Å²) in [5, 5.41) is 12.0. The van der Waals surface area contributed by atoms with Crippen LogP contribution in [0.1, 0.15) is 89.9 Å². The van der Waals surface area contributed by atoms with Crippen LogP contribution in [-0.4, -0.2) is 24.8 Å². The Hall–Kier alpha value is -0.340. The maximum absolute atomic E-state index is 8.69. The van der Waals surface area contributed by atoms with Crippen LogP contribution in [0, 0.1) is 0 Å². The van der Waals surface area contributed by atoms with Crippen LogP contribution < -0.4 is 5.32 Å². The van der Waals surface area contributed by atoms with E-state index >= 15 is 0 Å². The third-order valence-electron chi connectivity index (χ3n) is 4.05. The van der Waals surface area contributed by atoms with Gasteiger partial charge in [0, 0.05) is 13.2 Å². The van der Waals surface area contributed by atoms with Gasteiger partial charge >= 0.3 is 0 Å². The number of aliphatic hydroxyl groups is 1. The third-order valence-corrected chi connectivity index (χ3v) is 4.05. The highest BCUT2D eigenvalue weighted by Crippen LogP contribution is 2.12. The Balaban J connectivity index is 2.91. The van der Waals surface area contributed by atoms with Crippen molar-refractivity contribution < 1.29 is 5.11 Å². The van der Waals surface area contributed by atoms with Crippen molar-refractivity contribution >= 4 is 0 Å². The van der Waals surface area contributed by atoms with E-state index in [1.54, 1.807) is 0 Å². The smallest absolute Gasteiger partial charge is 0.0431 e. The van der Waals surface area contributed by atoms with Crippen molar-refractivity contribution in [3.63, 3.8) is 0 Å². The largest absolute Gasteiger partial charge is 0.396 e. The number of unbranched alkanes of at least 4 members (excludes halogenated alkanes) is 13. The maximum atomic E-state index is 8.69. The molecule has 0 radical (unpaired) electrons. The summed E-state index contributed by atoms with van der Waals surface area (Å²) in [7, 11) is 0. The monoisotopic (exact) mass is 297 g/mol. The molecule has 0 bridgehead atoms. The first-order valence-electron chi connectivity index (χ1n) is 9.34. The van der Waals surface area contributed by atoms with Crippen molar-refractivity contribution in [2.45, 2.75) is 89.9 Å². The molecule has 0 spiro atoms. The van der Waals surface area contributed by atoms with E-state index in [9.17, 15) is 0 Å². The number of rotatable bonds is 18. The molecule has 0 saturated heterocycles. The molecule has 0 amide bonds. The highest BCUT2D eigenvalue weighted by Gasteiger charge is 1.94. The lowest BCUT2D eigenvalue weighted by atomic mass is 10.0. The average Bonchev–Trinajstić information content (AvgIpc) is 2.50. The molecule has 0 aliphatic rings. The molecule has 0 unspecified atom stereocenters. The van der Waals surface area contributed by atoms with Gasteiger partial charge < -0.3 is 10.4 Å². The minimum Gasteiger partial charge on any atom is -0.396 e. The fourth-order valence-corrected chi connectivity index (χ4v) is 2.69. The Morgan fingerprint density at radius 1 is 0.619 bits per heavy atom. The lowest BCUT2D eigenvalue weighted by molar-refractivity contribution is 0.282. The second-order valence-electron chi connectivity index (χ2n) is 6.17. The second-order valence-corrected chi connectivity index (χ2v) is 6.17. The summed E-state index contributed by atoms with van der Waals surface area (Å²) in [6.07, 6.45) is 20.8. The molecule has 0 atom stereocenters. The van der Waals surface area contributed by atoms with Crippen LogP contribution in [0.25, 0.3) is 0 Å². The molecule has 2 N–H and O–H groups in total. The third kappa shape index (κ3) is 19.7. The zero-order valence-corrected chi connectivity index (χ0v) is 14.3. The number of aliphatic hydroxyl groups excluding tert-OH is 1. The first kappa shape index (κ1) is 20.7. The number of hydrogen-bond acceptors (Lipinski definition) is 2. The van der Waals surface area contributed by atoms with Crippen molar-refractivity contribution in [3.8, 4) is 0 Å². The predicted molar refractivity (Wildman–Crippen MR) is 94.8 cm³/mol. The molecule has 0 aromatic heterocycles. The Morgan fingerprint density at radius 2 is 1.00 bits per heavy atom. The minimum atomic E-state index is 0.366. The average molecular weight is 298 g/mol. The van der Waals surface area contributed by atoms with Crippen LogP contribution >= 0.6 is 0 Å². The van der Waals surface area contributed by atoms with E-state index in [4.69, 9.17) is 5.11 Å². The molecule has 0 heterocycles. The predicted octanol–water partition coefficient (Wildman–Crippen LogP) is 5.22. The van der Waals surface area contributed by atoms with Gasteiger partial charge in [-0.05, 0) is 19.4 Å². The molecule has 0 aliphatic carbocycles. The zero-order valence-electron chi connectivity index (χ0n) is 14.3. The van der Waals surface area contributed by atoms with E-state index in [1.807, 2.05) is 6.08 Å². The molecule has 0 aliphatic heterocycles. The molecular formula is C19H39NO. The first-order valence-corrected chi connectivity index (χ1v) is 9.34. The second kappa shape index (κ2) is 19.7. The topological polar surface area (TPSA) is 32.3 Å². The van der Waals surface area contributed by atoms with Crippen LogP contribution in [0.15, 0.2) is 12.7 Å². The van der Waals surface area contributed by atoms with E-state index in [0.29, 0.717) is 6.61 Å². The van der Waals surface area contributed by atoms with Gasteiger partial charge in [-0.2, -0.15) is 0 Å². The van der Waals surface area contributed by atoms with Gasteiger partial charge in [0.2, 0.25) is 0 Å². The molecule has 0 aromatic rings. The Bertz CT molecular complexity index is 194. The van der Waals surface area contributed by atoms with Gasteiger partial charge in [-0.25, -0.2) is 0 Å². The SMILES string of the molecule is C=CCNCCCCCCCCCCCCCCCCO. The van der Waals surface area contributed by atoms with Gasteiger partial charge in [0.25, 0.3) is 0 Å². The summed E-state index contributed by atoms with van der Waals surface area (Å²) in [6.45, 7) is 6.16. The molecule has 0 rings (SSSR count). The summed E-state index contributed by atoms with van der Waals surface area (Å²) < 4.78 is 0. The van der Waals surface area contributed by atoms with Crippen molar-refractivity contribution in [1.29, 1.82) is 0 Å². The Morgan fingerprint density at radius 3 is 1.38 bits per heavy atom. The van der Waals surface area contributed by atoms with Crippen molar-refractivity contribution in [2.75, 3.05) is 19.7 Å². The fourth-order valence-electron chi connectivity index (χ4n) is 2.69. The molecule has 0 fully saturated rings. The number of hydrogen-bond donors (Lipinski definition) is 2. The van der Waals surface area contributed by atoms with Gasteiger partial charge in [0.1, 0.15) is 0 Å². The maximum Gasteiger partial charge on any atom is 0.0431 e. The van der Waals surface area contributed by atoms with Gasteiger partial charge in [0.05, 0.1) is 0 Å². The fraction of sp³-hybridized carbons (Fsp3) is 0.895. The standard InChI is InChI=1S/C19H39NO/c1-2-17-20-18-15-13-11-9-7-5-3-4-6-8-10-12-14-16-19-21/h2,20-21H,1,3-19H2.